The van der Waals surface area contributed by atoms with Crippen LogP contribution in [-0.4, -0.2) is 40.5 Å². The summed E-state index contributed by atoms with van der Waals surface area (Å²) >= 11 is 0. The Hall–Kier alpha value is -2.96. The Balaban J connectivity index is 1.50. The zero-order valence-electron chi connectivity index (χ0n) is 18.3. The second-order valence-electron chi connectivity index (χ2n) is 8.17. The third kappa shape index (κ3) is 6.51. The zero-order chi connectivity index (χ0) is 22.2. The van der Waals surface area contributed by atoms with E-state index in [1.807, 2.05) is 0 Å². The molecule has 1 atom stereocenters. The van der Waals surface area contributed by atoms with Crippen LogP contribution in [0.2, 0.25) is 0 Å². The van der Waals surface area contributed by atoms with Crippen molar-refractivity contribution in [1.82, 2.24) is 9.97 Å². The highest BCUT2D eigenvalue weighted by Gasteiger charge is 2.20. The number of carboxylic acid groups (broad SMARTS) is 1. The quantitative estimate of drug-likeness (QED) is 0.523. The summed E-state index contributed by atoms with van der Waals surface area (Å²) in [5, 5.41) is 12.6. The van der Waals surface area contributed by atoms with Gasteiger partial charge >= 0.3 is 5.97 Å². The van der Waals surface area contributed by atoms with Gasteiger partial charge in [-0.3, -0.25) is 9.59 Å². The molecule has 0 amide bonds. The predicted molar refractivity (Wildman–Crippen MR) is 119 cm³/mol. The van der Waals surface area contributed by atoms with Crippen molar-refractivity contribution in [3.63, 3.8) is 0 Å². The van der Waals surface area contributed by atoms with Gasteiger partial charge in [0.1, 0.15) is 11.6 Å². The number of nitrogens with zero attached hydrogens (tertiary/aromatic N) is 2. The number of unbranched alkanes of at least 4 members (excludes halogenated alkanes) is 1. The summed E-state index contributed by atoms with van der Waals surface area (Å²) in [5.74, 6) is 0.257. The molecule has 1 aliphatic heterocycles. The first-order valence-electron chi connectivity index (χ1n) is 10.9. The van der Waals surface area contributed by atoms with Crippen molar-refractivity contribution in [3.05, 3.63) is 46.8 Å². The molecule has 0 radical (unpaired) electrons. The highest BCUT2D eigenvalue weighted by molar-refractivity contribution is 5.80. The number of aryl methyl sites for hydroxylation is 3. The van der Waals surface area contributed by atoms with Crippen molar-refractivity contribution in [1.29, 1.82) is 0 Å². The average Bonchev–Trinajstić information content (AvgIpc) is 2.76. The number of fused-ring (bicyclic) bond motifs is 1. The topological polar surface area (TPSA) is 101 Å². The van der Waals surface area contributed by atoms with E-state index in [1.165, 1.54) is 18.2 Å². The van der Waals surface area contributed by atoms with E-state index in [4.69, 9.17) is 9.72 Å². The van der Waals surface area contributed by atoms with Gasteiger partial charge in [0, 0.05) is 43.3 Å². The Kier molecular flexibility index (Phi) is 7.98. The molecule has 0 bridgehead atoms. The van der Waals surface area contributed by atoms with Crippen LogP contribution in [0.15, 0.2) is 24.4 Å². The molecular formula is C24H31N3O4. The van der Waals surface area contributed by atoms with E-state index in [0.29, 0.717) is 12.3 Å². The van der Waals surface area contributed by atoms with E-state index >= 15 is 0 Å². The van der Waals surface area contributed by atoms with Gasteiger partial charge < -0.3 is 15.2 Å². The first kappa shape index (κ1) is 22.7. The number of methoxy groups -OCH3 is 1. The van der Waals surface area contributed by atoms with Gasteiger partial charge in [0.05, 0.1) is 13.5 Å². The number of Topliss-reactive ketones (excluding diaryl/α,β-unsaturated/α-hetero) is 1. The molecule has 0 aliphatic carbocycles. The third-order valence-electron chi connectivity index (χ3n) is 5.77. The molecule has 2 aromatic rings. The number of anilines is 1. The smallest absolute Gasteiger partial charge is 0.303 e. The summed E-state index contributed by atoms with van der Waals surface area (Å²) < 4.78 is 5.05. The van der Waals surface area contributed by atoms with Crippen LogP contribution in [0.5, 0.6) is 5.88 Å². The minimum atomic E-state index is -0.920. The highest BCUT2D eigenvalue weighted by Crippen LogP contribution is 2.26. The molecular weight excluding hydrogens is 394 g/mol. The minimum absolute atomic E-state index is 0.0823. The van der Waals surface area contributed by atoms with Crippen LogP contribution in [0.3, 0.4) is 0 Å². The largest absolute Gasteiger partial charge is 0.481 e. The van der Waals surface area contributed by atoms with Gasteiger partial charge in [-0.1, -0.05) is 12.1 Å². The molecule has 1 aliphatic rings. The number of ketones is 1. The van der Waals surface area contributed by atoms with Gasteiger partial charge in [-0.25, -0.2) is 9.97 Å². The monoisotopic (exact) mass is 425 g/mol. The first-order chi connectivity index (χ1) is 15.0. The average molecular weight is 426 g/mol. The molecule has 0 spiro atoms. The molecule has 1 unspecified atom stereocenters. The number of carbonyl (C=O) groups excluding carboxylic acids is 1. The lowest BCUT2D eigenvalue weighted by Crippen LogP contribution is -2.15. The molecule has 3 heterocycles. The maximum Gasteiger partial charge on any atom is 0.303 e. The Morgan fingerprint density at radius 2 is 2.10 bits per heavy atom. The zero-order valence-corrected chi connectivity index (χ0v) is 18.3. The molecule has 2 N–H and O–H groups in total. The summed E-state index contributed by atoms with van der Waals surface area (Å²) in [6.45, 7) is 3.07. The van der Waals surface area contributed by atoms with Gasteiger partial charge in [0.15, 0.2) is 0 Å². The maximum atomic E-state index is 12.5. The highest BCUT2D eigenvalue weighted by atomic mass is 16.5. The van der Waals surface area contributed by atoms with E-state index in [1.54, 1.807) is 18.3 Å². The number of carboxylic acids is 1. The minimum Gasteiger partial charge on any atom is -0.481 e. The second kappa shape index (κ2) is 10.9. The van der Waals surface area contributed by atoms with Crippen LogP contribution in [0.4, 0.5) is 5.82 Å². The van der Waals surface area contributed by atoms with Crippen LogP contribution < -0.4 is 10.1 Å². The van der Waals surface area contributed by atoms with Crippen LogP contribution in [0.1, 0.15) is 66.8 Å². The number of nitrogens with one attached hydrogen (secondary N) is 1. The SMILES string of the molecule is COc1ccc(C(CC(=O)O)CC(=O)CCCCc2nc3c(cc2C)CCCN3)cn1. The molecule has 0 saturated heterocycles. The van der Waals surface area contributed by atoms with Crippen molar-refractivity contribution in [3.8, 4) is 5.88 Å². The van der Waals surface area contributed by atoms with Crippen molar-refractivity contribution < 1.29 is 19.4 Å². The lowest BCUT2D eigenvalue weighted by atomic mass is 9.90. The van der Waals surface area contributed by atoms with Crippen LogP contribution >= 0.6 is 0 Å². The summed E-state index contributed by atoms with van der Waals surface area (Å²) in [4.78, 5) is 32.7. The van der Waals surface area contributed by atoms with Crippen LogP contribution in [-0.2, 0) is 22.4 Å². The van der Waals surface area contributed by atoms with Crippen molar-refractivity contribution >= 4 is 17.6 Å². The number of rotatable bonds is 11. The summed E-state index contributed by atoms with van der Waals surface area (Å²) in [6.07, 6.45) is 6.87. The molecule has 2 aromatic heterocycles. The standard InChI is InChI=1S/C24H31N3O4/c1-16-12-17-6-5-11-25-24(17)27-21(16)8-4-3-7-20(28)13-19(14-23(29)30)18-9-10-22(31-2)26-15-18/h9-10,12,15,19H,3-8,11,13-14H2,1-2H3,(H,25,27)(H,29,30). The fraction of sp³-hybridized carbons (Fsp3) is 0.500. The van der Waals surface area contributed by atoms with E-state index in [9.17, 15) is 14.7 Å². The van der Waals surface area contributed by atoms with Gasteiger partial charge in [-0.15, -0.1) is 0 Å². The molecule has 0 fully saturated rings. The van der Waals surface area contributed by atoms with E-state index in [2.05, 4.69) is 23.3 Å². The van der Waals surface area contributed by atoms with Crippen molar-refractivity contribution in [2.24, 2.45) is 0 Å². The van der Waals surface area contributed by atoms with Gasteiger partial charge in [0.2, 0.25) is 5.88 Å². The summed E-state index contributed by atoms with van der Waals surface area (Å²) in [5.41, 5.74) is 4.34. The summed E-state index contributed by atoms with van der Waals surface area (Å²) in [7, 11) is 1.53. The fourth-order valence-corrected chi connectivity index (χ4v) is 4.05. The molecule has 0 aromatic carbocycles. The first-order valence-corrected chi connectivity index (χ1v) is 10.9. The normalized spacial score (nSPS) is 13.7. The number of aliphatic carboxylic acids is 1. The van der Waals surface area contributed by atoms with Crippen LogP contribution in [0, 0.1) is 6.92 Å². The van der Waals surface area contributed by atoms with Gasteiger partial charge in [-0.2, -0.15) is 0 Å². The van der Waals surface area contributed by atoms with Gasteiger partial charge in [-0.05, 0) is 55.7 Å². The predicted octanol–water partition coefficient (Wildman–Crippen LogP) is 4.08. The number of ether oxygens (including phenoxy) is 1. The molecule has 3 rings (SSSR count). The lowest BCUT2D eigenvalue weighted by molar-refractivity contribution is -0.137. The molecule has 0 saturated carbocycles. The Morgan fingerprint density at radius 3 is 2.81 bits per heavy atom. The van der Waals surface area contributed by atoms with Crippen LogP contribution in [0.25, 0.3) is 0 Å². The third-order valence-corrected chi connectivity index (χ3v) is 5.77. The van der Waals surface area contributed by atoms with Crippen molar-refractivity contribution in [2.45, 2.75) is 64.2 Å². The van der Waals surface area contributed by atoms with Crippen molar-refractivity contribution in [2.75, 3.05) is 19.0 Å². The second-order valence-corrected chi connectivity index (χ2v) is 8.17. The molecule has 166 valence electrons. The number of hydrogen-bond donors (Lipinski definition) is 2. The van der Waals surface area contributed by atoms with E-state index in [-0.39, 0.29) is 24.5 Å². The van der Waals surface area contributed by atoms with Gasteiger partial charge in [0.25, 0.3) is 0 Å². The number of aromatic nitrogens is 2. The number of hydrogen-bond acceptors (Lipinski definition) is 6. The lowest BCUT2D eigenvalue weighted by Gasteiger charge is -2.19. The Labute approximate surface area is 183 Å². The maximum absolute atomic E-state index is 12.5. The number of carbonyl (C=O) groups is 2. The summed E-state index contributed by atoms with van der Waals surface area (Å²) in [6, 6.07) is 5.71. The molecule has 7 heteroatoms. The van der Waals surface area contributed by atoms with E-state index < -0.39 is 5.97 Å². The molecule has 7 nitrogen and oxygen atoms in total. The van der Waals surface area contributed by atoms with E-state index in [0.717, 1.165) is 55.7 Å². The molecule has 31 heavy (non-hydrogen) atoms. The fourth-order valence-electron chi connectivity index (χ4n) is 4.05. The number of pyridine rings is 2. The Morgan fingerprint density at radius 1 is 1.26 bits per heavy atom. The Bertz CT molecular complexity index is 912.